The lowest BCUT2D eigenvalue weighted by molar-refractivity contribution is 0.220. The molecule has 1 nitrogen and oxygen atoms in total. The summed E-state index contributed by atoms with van der Waals surface area (Å²) >= 11 is 0. The Balaban J connectivity index is 1.86. The van der Waals surface area contributed by atoms with E-state index in [1.165, 1.54) is 30.4 Å². The fraction of sp³-hybridized carbons (Fsp3) is 0.333. The van der Waals surface area contributed by atoms with Crippen LogP contribution < -0.4 is 0 Å². The molecule has 1 heteroatoms. The molecule has 1 saturated carbocycles. The van der Waals surface area contributed by atoms with Crippen LogP contribution in [0.2, 0.25) is 0 Å². The molecule has 0 bridgehead atoms. The molecule has 0 amide bonds. The number of aliphatic hydroxyl groups is 1. The highest BCUT2D eigenvalue weighted by Crippen LogP contribution is 2.37. The zero-order valence-electron chi connectivity index (χ0n) is 11.3. The van der Waals surface area contributed by atoms with Gasteiger partial charge in [0.05, 0.1) is 0 Å². The Labute approximate surface area is 114 Å². The second-order valence-corrected chi connectivity index (χ2v) is 5.61. The van der Waals surface area contributed by atoms with Crippen LogP contribution in [-0.4, -0.2) is 5.11 Å². The molecule has 1 aliphatic carbocycles. The summed E-state index contributed by atoms with van der Waals surface area (Å²) in [7, 11) is 0. The maximum atomic E-state index is 10.5. The molecule has 2 aromatic rings. The fourth-order valence-corrected chi connectivity index (χ4v) is 2.67. The average molecular weight is 252 g/mol. The molecule has 1 aliphatic rings. The molecule has 1 atom stereocenters. The van der Waals surface area contributed by atoms with Crippen LogP contribution >= 0.6 is 0 Å². The van der Waals surface area contributed by atoms with Gasteiger partial charge in [0.1, 0.15) is 6.10 Å². The van der Waals surface area contributed by atoms with E-state index in [0.29, 0.717) is 5.92 Å². The SMILES string of the molecule is Cc1ccc(C(O)c2cccc(C3CCC3)c2)cc1. The van der Waals surface area contributed by atoms with Crippen LogP contribution in [0.1, 0.15) is 53.5 Å². The zero-order valence-corrected chi connectivity index (χ0v) is 11.3. The van der Waals surface area contributed by atoms with E-state index in [0.717, 1.165) is 11.1 Å². The van der Waals surface area contributed by atoms with Gasteiger partial charge in [-0.3, -0.25) is 0 Å². The standard InChI is InChI=1S/C18H20O/c1-13-8-10-15(11-9-13)18(19)17-7-3-6-16(12-17)14-4-2-5-14/h3,6-12,14,18-19H,2,4-5H2,1H3. The predicted molar refractivity (Wildman–Crippen MR) is 78.3 cm³/mol. The van der Waals surface area contributed by atoms with E-state index in [2.05, 4.69) is 25.1 Å². The normalized spacial score (nSPS) is 16.9. The summed E-state index contributed by atoms with van der Waals surface area (Å²) in [5.41, 5.74) is 4.58. The number of hydrogen-bond donors (Lipinski definition) is 1. The Kier molecular flexibility index (Phi) is 3.39. The molecule has 0 aromatic heterocycles. The van der Waals surface area contributed by atoms with E-state index in [1.54, 1.807) is 0 Å². The van der Waals surface area contributed by atoms with Gasteiger partial charge in [0.25, 0.3) is 0 Å². The molecule has 3 rings (SSSR count). The third-order valence-electron chi connectivity index (χ3n) is 4.20. The van der Waals surface area contributed by atoms with E-state index in [-0.39, 0.29) is 0 Å². The second kappa shape index (κ2) is 5.18. The Morgan fingerprint density at radius 1 is 1.00 bits per heavy atom. The lowest BCUT2D eigenvalue weighted by atomic mass is 9.79. The van der Waals surface area contributed by atoms with E-state index in [9.17, 15) is 5.11 Å². The van der Waals surface area contributed by atoms with Crippen molar-refractivity contribution in [1.29, 1.82) is 0 Å². The summed E-state index contributed by atoms with van der Waals surface area (Å²) in [6, 6.07) is 16.6. The summed E-state index contributed by atoms with van der Waals surface area (Å²) in [4.78, 5) is 0. The largest absolute Gasteiger partial charge is 0.384 e. The number of aryl methyl sites for hydroxylation is 1. The van der Waals surface area contributed by atoms with Gasteiger partial charge in [0.15, 0.2) is 0 Å². The first kappa shape index (κ1) is 12.4. The van der Waals surface area contributed by atoms with Crippen molar-refractivity contribution < 1.29 is 5.11 Å². The molecule has 0 saturated heterocycles. The highest BCUT2D eigenvalue weighted by molar-refractivity contribution is 5.35. The Morgan fingerprint density at radius 3 is 2.37 bits per heavy atom. The number of aliphatic hydroxyl groups excluding tert-OH is 1. The first-order chi connectivity index (χ1) is 9.24. The molecule has 0 spiro atoms. The highest BCUT2D eigenvalue weighted by Gasteiger charge is 2.20. The molecule has 1 N–H and O–H groups in total. The molecule has 0 aliphatic heterocycles. The minimum absolute atomic E-state index is 0.513. The number of benzene rings is 2. The smallest absolute Gasteiger partial charge is 0.104 e. The Morgan fingerprint density at radius 2 is 1.74 bits per heavy atom. The van der Waals surface area contributed by atoms with Crippen molar-refractivity contribution in [1.82, 2.24) is 0 Å². The molecule has 1 unspecified atom stereocenters. The quantitative estimate of drug-likeness (QED) is 0.861. The predicted octanol–water partition coefficient (Wildman–Crippen LogP) is 4.34. The van der Waals surface area contributed by atoms with Gasteiger partial charge in [-0.2, -0.15) is 0 Å². The van der Waals surface area contributed by atoms with Gasteiger partial charge < -0.3 is 5.11 Å². The third-order valence-corrected chi connectivity index (χ3v) is 4.20. The average Bonchev–Trinajstić information content (AvgIpc) is 2.37. The van der Waals surface area contributed by atoms with E-state index < -0.39 is 6.10 Å². The lowest BCUT2D eigenvalue weighted by Crippen LogP contribution is -2.09. The van der Waals surface area contributed by atoms with Crippen molar-refractivity contribution >= 4 is 0 Å². The zero-order chi connectivity index (χ0) is 13.2. The topological polar surface area (TPSA) is 20.2 Å². The van der Waals surface area contributed by atoms with Crippen LogP contribution in [0.15, 0.2) is 48.5 Å². The van der Waals surface area contributed by atoms with Crippen LogP contribution in [0.3, 0.4) is 0 Å². The highest BCUT2D eigenvalue weighted by atomic mass is 16.3. The van der Waals surface area contributed by atoms with E-state index in [1.807, 2.05) is 30.3 Å². The van der Waals surface area contributed by atoms with Crippen LogP contribution in [0.4, 0.5) is 0 Å². The van der Waals surface area contributed by atoms with Crippen LogP contribution in [-0.2, 0) is 0 Å². The molecular formula is C18H20O. The van der Waals surface area contributed by atoms with Crippen molar-refractivity contribution in [3.63, 3.8) is 0 Å². The summed E-state index contributed by atoms with van der Waals surface area (Å²) in [5.74, 6) is 0.713. The van der Waals surface area contributed by atoms with Gasteiger partial charge in [0.2, 0.25) is 0 Å². The fourth-order valence-electron chi connectivity index (χ4n) is 2.67. The molecule has 1 fully saturated rings. The van der Waals surface area contributed by atoms with Gasteiger partial charge in [-0.25, -0.2) is 0 Å². The summed E-state index contributed by atoms with van der Waals surface area (Å²) in [5, 5.41) is 10.5. The molecule has 0 radical (unpaired) electrons. The maximum Gasteiger partial charge on any atom is 0.104 e. The second-order valence-electron chi connectivity index (χ2n) is 5.61. The van der Waals surface area contributed by atoms with Crippen LogP contribution in [0, 0.1) is 6.92 Å². The van der Waals surface area contributed by atoms with Gasteiger partial charge in [-0.1, -0.05) is 60.5 Å². The molecule has 98 valence electrons. The summed E-state index contributed by atoms with van der Waals surface area (Å²) < 4.78 is 0. The summed E-state index contributed by atoms with van der Waals surface area (Å²) in [6.45, 7) is 2.06. The van der Waals surface area contributed by atoms with Gasteiger partial charge in [-0.15, -0.1) is 0 Å². The first-order valence-corrected chi connectivity index (χ1v) is 7.08. The van der Waals surface area contributed by atoms with Gasteiger partial charge in [0, 0.05) is 0 Å². The van der Waals surface area contributed by atoms with Crippen LogP contribution in [0.5, 0.6) is 0 Å². The summed E-state index contributed by atoms with van der Waals surface area (Å²) in [6.07, 6.45) is 3.42. The Hall–Kier alpha value is -1.60. The van der Waals surface area contributed by atoms with Crippen LogP contribution in [0.25, 0.3) is 0 Å². The van der Waals surface area contributed by atoms with Crippen molar-refractivity contribution in [2.45, 2.75) is 38.2 Å². The number of hydrogen-bond acceptors (Lipinski definition) is 1. The monoisotopic (exact) mass is 252 g/mol. The first-order valence-electron chi connectivity index (χ1n) is 7.08. The molecular weight excluding hydrogens is 232 g/mol. The maximum absolute atomic E-state index is 10.5. The minimum atomic E-state index is -0.513. The van der Waals surface area contributed by atoms with Crippen molar-refractivity contribution in [2.24, 2.45) is 0 Å². The minimum Gasteiger partial charge on any atom is -0.384 e. The van der Waals surface area contributed by atoms with E-state index >= 15 is 0 Å². The third kappa shape index (κ3) is 2.57. The van der Waals surface area contributed by atoms with Crippen molar-refractivity contribution in [2.75, 3.05) is 0 Å². The van der Waals surface area contributed by atoms with Gasteiger partial charge >= 0.3 is 0 Å². The van der Waals surface area contributed by atoms with Crippen molar-refractivity contribution in [3.05, 3.63) is 70.8 Å². The molecule has 2 aromatic carbocycles. The van der Waals surface area contributed by atoms with Gasteiger partial charge in [-0.05, 0) is 42.4 Å². The molecule has 19 heavy (non-hydrogen) atoms. The molecule has 0 heterocycles. The van der Waals surface area contributed by atoms with E-state index in [4.69, 9.17) is 0 Å². The number of rotatable bonds is 3. The lowest BCUT2D eigenvalue weighted by Gasteiger charge is -2.26. The van der Waals surface area contributed by atoms with Crippen molar-refractivity contribution in [3.8, 4) is 0 Å². The Bertz CT molecular complexity index is 552.